The van der Waals surface area contributed by atoms with Gasteiger partial charge in [0.05, 0.1) is 5.69 Å². The van der Waals surface area contributed by atoms with Crippen molar-refractivity contribution in [1.29, 1.82) is 0 Å². The first-order valence-electron chi connectivity index (χ1n) is 7.23. The van der Waals surface area contributed by atoms with Crippen molar-refractivity contribution >= 4 is 44.7 Å². The van der Waals surface area contributed by atoms with Gasteiger partial charge in [-0.05, 0) is 6.92 Å². The summed E-state index contributed by atoms with van der Waals surface area (Å²) in [6.45, 7) is 1.64. The van der Waals surface area contributed by atoms with Gasteiger partial charge in [-0.2, -0.15) is 23.7 Å². The van der Waals surface area contributed by atoms with E-state index in [1.165, 1.54) is 4.90 Å². The van der Waals surface area contributed by atoms with Gasteiger partial charge in [-0.3, -0.25) is 0 Å². The number of nitrogens with zero attached hydrogens (tertiary/aromatic N) is 6. The fourth-order valence-electron chi connectivity index (χ4n) is 1.66. The topological polar surface area (TPSA) is 92.2 Å². The first-order valence-corrected chi connectivity index (χ1v) is 9.87. The predicted octanol–water partition coefficient (Wildman–Crippen LogP) is 2.38. The summed E-state index contributed by atoms with van der Waals surface area (Å²) < 4.78 is 47.6. The monoisotopic (exact) mass is 442 g/mol. The molecule has 0 saturated heterocycles. The van der Waals surface area contributed by atoms with Crippen LogP contribution in [0.2, 0.25) is 10.0 Å². The Bertz CT molecular complexity index is 942. The highest BCUT2D eigenvalue weighted by atomic mass is 35.5. The molecule has 2 rings (SSSR count). The van der Waals surface area contributed by atoms with E-state index in [1.807, 2.05) is 0 Å². The maximum atomic E-state index is 12.7. The fraction of sp³-hybridized carbons (Fsp3) is 0.429. The Morgan fingerprint density at radius 3 is 1.78 bits per heavy atom. The maximum absolute atomic E-state index is 12.7. The summed E-state index contributed by atoms with van der Waals surface area (Å²) in [7, 11) is 3.22. The summed E-state index contributed by atoms with van der Waals surface area (Å²) in [5.41, 5.74) is 0.454. The molecule has 2 aromatic heterocycles. The molecule has 0 radical (unpaired) electrons. The van der Waals surface area contributed by atoms with Crippen LogP contribution in [0.3, 0.4) is 0 Å². The highest BCUT2D eigenvalue weighted by Crippen LogP contribution is 2.25. The smallest absolute Gasteiger partial charge is 0.313 e. The second-order valence-electron chi connectivity index (χ2n) is 5.71. The van der Waals surface area contributed by atoms with Crippen molar-refractivity contribution in [2.24, 2.45) is 0 Å². The lowest BCUT2D eigenvalue weighted by Gasteiger charge is -2.14. The lowest BCUT2D eigenvalue weighted by Crippen LogP contribution is -2.15. The van der Waals surface area contributed by atoms with Gasteiger partial charge in [0.25, 0.3) is 0 Å². The average molecular weight is 443 g/mol. The van der Waals surface area contributed by atoms with Gasteiger partial charge in [0.1, 0.15) is 10.0 Å². The molecule has 0 atom stereocenters. The van der Waals surface area contributed by atoms with Gasteiger partial charge in [0.15, 0.2) is 11.6 Å². The van der Waals surface area contributed by atoms with Crippen molar-refractivity contribution < 1.29 is 17.2 Å². The van der Waals surface area contributed by atoms with E-state index in [2.05, 4.69) is 19.9 Å². The van der Waals surface area contributed by atoms with Gasteiger partial charge in [0, 0.05) is 34.4 Å². The van der Waals surface area contributed by atoms with Crippen molar-refractivity contribution in [1.82, 2.24) is 19.9 Å². The predicted molar refractivity (Wildman–Crippen MR) is 101 cm³/mol. The highest BCUT2D eigenvalue weighted by molar-refractivity contribution is 7.90. The average Bonchev–Trinajstić information content (AvgIpc) is 2.52. The zero-order valence-electron chi connectivity index (χ0n) is 15.4. The summed E-state index contributed by atoms with van der Waals surface area (Å²) in [5, 5.41) is -0.109. The third-order valence-corrected chi connectivity index (χ3v) is 4.54. The third-order valence-electron chi connectivity index (χ3n) is 2.92. The van der Waals surface area contributed by atoms with Crippen LogP contribution in [0.5, 0.6) is 0 Å². The first-order chi connectivity index (χ1) is 12.3. The van der Waals surface area contributed by atoms with Gasteiger partial charge in [-0.1, -0.05) is 23.2 Å². The van der Waals surface area contributed by atoms with Gasteiger partial charge in [-0.25, -0.2) is 13.4 Å². The van der Waals surface area contributed by atoms with Crippen LogP contribution in [0.4, 0.5) is 20.4 Å². The zero-order chi connectivity index (χ0) is 21.1. The minimum absolute atomic E-state index is 0.0293. The van der Waals surface area contributed by atoms with Crippen molar-refractivity contribution in [2.45, 2.75) is 12.1 Å². The number of aromatic nitrogens is 4. The van der Waals surface area contributed by atoms with Crippen LogP contribution in [0.15, 0.2) is 5.16 Å². The summed E-state index contributed by atoms with van der Waals surface area (Å²) in [5.74, 6) is -0.612. The van der Waals surface area contributed by atoms with Crippen molar-refractivity contribution in [3.05, 3.63) is 27.8 Å². The molecule has 2 aromatic rings. The van der Waals surface area contributed by atoms with E-state index in [-0.39, 0.29) is 16.0 Å². The second kappa shape index (κ2) is 8.89. The lowest BCUT2D eigenvalue weighted by atomic mass is 10.4. The van der Waals surface area contributed by atoms with Gasteiger partial charge in [-0.15, -0.1) is 0 Å². The molecule has 0 saturated carbocycles. The fourth-order valence-corrected chi connectivity index (χ4v) is 2.72. The Morgan fingerprint density at radius 1 is 0.852 bits per heavy atom. The number of halogens is 4. The molecule has 150 valence electrons. The lowest BCUT2D eigenvalue weighted by molar-refractivity contribution is 0.483. The Morgan fingerprint density at radius 2 is 1.33 bits per heavy atom. The molecular weight excluding hydrogens is 425 g/mol. The van der Waals surface area contributed by atoms with Crippen LogP contribution < -0.4 is 9.80 Å². The highest BCUT2D eigenvalue weighted by Gasteiger charge is 2.17. The number of rotatable bonds is 3. The largest absolute Gasteiger partial charge is 0.361 e. The Balaban J connectivity index is 0.000000277. The molecule has 0 bridgehead atoms. The minimum Gasteiger partial charge on any atom is -0.361 e. The number of hydrogen-bond donors (Lipinski definition) is 0. The number of sulfone groups is 1. The van der Waals surface area contributed by atoms with Crippen LogP contribution >= 0.6 is 23.2 Å². The van der Waals surface area contributed by atoms with Gasteiger partial charge in [0.2, 0.25) is 20.9 Å². The molecule has 0 aliphatic rings. The van der Waals surface area contributed by atoms with E-state index in [1.54, 1.807) is 40.0 Å². The van der Waals surface area contributed by atoms with Crippen LogP contribution in [-0.4, -0.2) is 62.8 Å². The quantitative estimate of drug-likeness (QED) is 0.528. The van der Waals surface area contributed by atoms with E-state index >= 15 is 0 Å². The SMILES string of the molecule is CN(C)c1nc(F)nc(F)c1Cl.Cc1nc(S(C)(=O)=O)nc(N(C)C)c1Cl. The summed E-state index contributed by atoms with van der Waals surface area (Å²) in [4.78, 5) is 16.9. The van der Waals surface area contributed by atoms with Gasteiger partial charge >= 0.3 is 6.08 Å². The van der Waals surface area contributed by atoms with Crippen LogP contribution in [0, 0.1) is 18.9 Å². The van der Waals surface area contributed by atoms with E-state index in [4.69, 9.17) is 23.2 Å². The molecule has 0 N–H and O–H groups in total. The standard InChI is InChI=1S/C8H12ClN3O2S.C6H6ClF2N3/c1-5-6(9)7(12(2)3)11-8(10-5)15(4,13)14;1-12(2)5-3(7)4(8)10-6(9)11-5/h1-4H3;1-2H3. The summed E-state index contributed by atoms with van der Waals surface area (Å²) in [6, 6.07) is 0. The molecule has 0 amide bonds. The first kappa shape index (κ1) is 23.2. The van der Waals surface area contributed by atoms with E-state index in [0.29, 0.717) is 16.5 Å². The molecule has 0 unspecified atom stereocenters. The van der Waals surface area contributed by atoms with Crippen molar-refractivity contribution in [2.75, 3.05) is 44.2 Å². The molecule has 0 aromatic carbocycles. The molecule has 13 heteroatoms. The maximum Gasteiger partial charge on any atom is 0.313 e. The number of anilines is 2. The number of aryl methyl sites for hydroxylation is 1. The van der Waals surface area contributed by atoms with Gasteiger partial charge < -0.3 is 9.80 Å². The van der Waals surface area contributed by atoms with Crippen LogP contribution in [-0.2, 0) is 9.84 Å². The molecule has 0 spiro atoms. The van der Waals surface area contributed by atoms with Crippen molar-refractivity contribution in [3.8, 4) is 0 Å². The number of hydrogen-bond acceptors (Lipinski definition) is 8. The molecule has 8 nitrogen and oxygen atoms in total. The third kappa shape index (κ3) is 6.08. The normalized spacial score (nSPS) is 10.9. The summed E-state index contributed by atoms with van der Waals surface area (Å²) in [6.07, 6.45) is -0.0598. The molecule has 2 heterocycles. The molecule has 0 aliphatic heterocycles. The Hall–Kier alpha value is -1.85. The van der Waals surface area contributed by atoms with Crippen LogP contribution in [0.1, 0.15) is 5.69 Å². The van der Waals surface area contributed by atoms with E-state index in [9.17, 15) is 17.2 Å². The minimum atomic E-state index is -3.41. The van der Waals surface area contributed by atoms with Crippen LogP contribution in [0.25, 0.3) is 0 Å². The molecule has 0 fully saturated rings. The van der Waals surface area contributed by atoms with E-state index < -0.39 is 21.9 Å². The molecule has 0 aliphatic carbocycles. The Kier molecular flexibility index (Phi) is 7.64. The Labute approximate surface area is 166 Å². The van der Waals surface area contributed by atoms with Crippen molar-refractivity contribution in [3.63, 3.8) is 0 Å². The zero-order valence-corrected chi connectivity index (χ0v) is 17.7. The van der Waals surface area contributed by atoms with E-state index in [0.717, 1.165) is 6.26 Å². The second-order valence-corrected chi connectivity index (χ2v) is 8.38. The molecule has 27 heavy (non-hydrogen) atoms. The summed E-state index contributed by atoms with van der Waals surface area (Å²) >= 11 is 11.4. The molecular formula is C14H18Cl2F2N6O2S.